The van der Waals surface area contributed by atoms with Crippen LogP contribution >= 0.6 is 11.8 Å². The molecule has 1 aliphatic carbocycles. The van der Waals surface area contributed by atoms with Crippen molar-refractivity contribution in [1.82, 2.24) is 9.97 Å². The summed E-state index contributed by atoms with van der Waals surface area (Å²) in [5.74, 6) is 2.14. The zero-order valence-electron chi connectivity index (χ0n) is 14.8. The van der Waals surface area contributed by atoms with Crippen molar-refractivity contribution in [3.8, 4) is 11.4 Å². The lowest BCUT2D eigenvalue weighted by Gasteiger charge is -2.45. The zero-order chi connectivity index (χ0) is 18.7. The fraction of sp³-hybridized carbons (Fsp3) is 0.444. The Hall–Kier alpha value is -2.19. The summed E-state index contributed by atoms with van der Waals surface area (Å²) in [5.41, 5.74) is 0.832. The first-order valence-electron chi connectivity index (χ1n) is 8.59. The molecule has 138 valence electrons. The molecule has 1 saturated carbocycles. The molecule has 0 aliphatic heterocycles. The quantitative estimate of drug-likeness (QED) is 0.565. The highest BCUT2D eigenvalue weighted by molar-refractivity contribution is 8.00. The van der Waals surface area contributed by atoms with E-state index in [1.807, 2.05) is 13.0 Å². The Morgan fingerprint density at radius 2 is 2.12 bits per heavy atom. The average Bonchev–Trinajstić information content (AvgIpc) is 2.63. The first kappa shape index (κ1) is 18.6. The molecule has 2 atom stereocenters. The van der Waals surface area contributed by atoms with Crippen LogP contribution in [0.4, 0.5) is 11.5 Å². The smallest absolute Gasteiger partial charge is 0.269 e. The van der Waals surface area contributed by atoms with Crippen LogP contribution in [0.25, 0.3) is 11.4 Å². The van der Waals surface area contributed by atoms with E-state index >= 15 is 0 Å². The number of nitrogens with zero attached hydrogens (tertiary/aromatic N) is 3. The first-order chi connectivity index (χ1) is 12.4. The van der Waals surface area contributed by atoms with Gasteiger partial charge in [0.05, 0.1) is 10.5 Å². The predicted octanol–water partition coefficient (Wildman–Crippen LogP) is 3.42. The summed E-state index contributed by atoms with van der Waals surface area (Å²) in [6, 6.07) is 8.00. The van der Waals surface area contributed by atoms with Crippen LogP contribution in [0, 0.1) is 17.0 Å². The summed E-state index contributed by atoms with van der Waals surface area (Å²) in [6.07, 6.45) is 1.82. The van der Waals surface area contributed by atoms with Gasteiger partial charge in [-0.15, -0.1) is 0 Å². The number of rotatable bonds is 7. The molecule has 0 saturated heterocycles. The highest BCUT2D eigenvalue weighted by Crippen LogP contribution is 2.41. The van der Waals surface area contributed by atoms with E-state index in [0.717, 1.165) is 24.3 Å². The topological polar surface area (TPSA) is 101 Å². The number of anilines is 1. The van der Waals surface area contributed by atoms with Gasteiger partial charge in [0.2, 0.25) is 0 Å². The summed E-state index contributed by atoms with van der Waals surface area (Å²) >= 11 is 1.79. The number of nitrogens with one attached hydrogen (secondary N) is 1. The van der Waals surface area contributed by atoms with Crippen LogP contribution in [0.15, 0.2) is 30.3 Å². The molecule has 0 radical (unpaired) electrons. The molecule has 2 aromatic rings. The summed E-state index contributed by atoms with van der Waals surface area (Å²) < 4.78 is 0. The Labute approximate surface area is 156 Å². The Bertz CT molecular complexity index is 800. The van der Waals surface area contributed by atoms with E-state index < -0.39 is 10.5 Å². The normalized spacial score (nSPS) is 21.9. The van der Waals surface area contributed by atoms with Gasteiger partial charge in [-0.3, -0.25) is 10.1 Å². The van der Waals surface area contributed by atoms with Crippen LogP contribution in [0.1, 0.15) is 25.5 Å². The Morgan fingerprint density at radius 1 is 1.38 bits per heavy atom. The highest BCUT2D eigenvalue weighted by atomic mass is 32.2. The Balaban J connectivity index is 1.74. The van der Waals surface area contributed by atoms with Gasteiger partial charge in [-0.1, -0.05) is 6.92 Å². The Morgan fingerprint density at radius 3 is 2.69 bits per heavy atom. The van der Waals surface area contributed by atoms with Crippen LogP contribution in [0.3, 0.4) is 0 Å². The molecule has 1 aromatic carbocycles. The van der Waals surface area contributed by atoms with Crippen LogP contribution in [0.5, 0.6) is 0 Å². The third kappa shape index (κ3) is 3.96. The van der Waals surface area contributed by atoms with E-state index in [2.05, 4.69) is 22.2 Å². The molecule has 2 N–H and O–H groups in total. The highest BCUT2D eigenvalue weighted by Gasteiger charge is 2.45. The number of aryl methyl sites for hydroxylation is 1. The van der Waals surface area contributed by atoms with E-state index in [1.165, 1.54) is 12.1 Å². The molecule has 0 amide bonds. The Kier molecular flexibility index (Phi) is 5.43. The van der Waals surface area contributed by atoms with Gasteiger partial charge in [0.1, 0.15) is 5.82 Å². The number of nitro benzene ring substituents is 1. The summed E-state index contributed by atoms with van der Waals surface area (Å²) in [6.45, 7) is 4.41. The largest absolute Gasteiger partial charge is 0.387 e. The lowest BCUT2D eigenvalue weighted by molar-refractivity contribution is -0.384. The third-order valence-corrected chi connectivity index (χ3v) is 5.98. The van der Waals surface area contributed by atoms with Crippen molar-refractivity contribution in [3.05, 3.63) is 46.1 Å². The predicted molar refractivity (Wildman–Crippen MR) is 103 cm³/mol. The number of hydrogen-bond donors (Lipinski definition) is 2. The number of thioether (sulfide) groups is 1. The molecule has 0 bridgehead atoms. The fourth-order valence-corrected chi connectivity index (χ4v) is 4.20. The summed E-state index contributed by atoms with van der Waals surface area (Å²) in [4.78, 5) is 19.3. The van der Waals surface area contributed by atoms with Crippen LogP contribution < -0.4 is 5.32 Å². The molecule has 1 aromatic heterocycles. The van der Waals surface area contributed by atoms with Gasteiger partial charge in [0, 0.05) is 41.3 Å². The maximum atomic E-state index is 10.8. The van der Waals surface area contributed by atoms with Crippen molar-refractivity contribution in [2.75, 3.05) is 17.6 Å². The maximum Gasteiger partial charge on any atom is 0.269 e. The third-order valence-electron chi connectivity index (χ3n) is 4.57. The minimum atomic E-state index is -0.701. The summed E-state index contributed by atoms with van der Waals surface area (Å²) in [5, 5.41) is 25.0. The van der Waals surface area contributed by atoms with Gasteiger partial charge >= 0.3 is 0 Å². The lowest BCUT2D eigenvalue weighted by Crippen LogP contribution is -2.54. The molecule has 8 heteroatoms. The molecular formula is C18H22N4O3S. The van der Waals surface area contributed by atoms with E-state index in [9.17, 15) is 15.2 Å². The molecule has 3 rings (SSSR count). The van der Waals surface area contributed by atoms with E-state index in [-0.39, 0.29) is 10.9 Å². The molecule has 7 nitrogen and oxygen atoms in total. The second-order valence-corrected chi connectivity index (χ2v) is 7.94. The molecule has 2 unspecified atom stereocenters. The minimum absolute atomic E-state index is 0.0337. The van der Waals surface area contributed by atoms with Crippen LogP contribution in [-0.4, -0.2) is 43.1 Å². The SMILES string of the molecule is CCSC1CCC1(O)CNc1cc(C)nc(-c2ccc([N+](=O)[O-])cc2)n1. The van der Waals surface area contributed by atoms with Crippen LogP contribution in [-0.2, 0) is 0 Å². The van der Waals surface area contributed by atoms with E-state index in [4.69, 9.17) is 0 Å². The van der Waals surface area contributed by atoms with Gasteiger partial charge in [-0.25, -0.2) is 9.97 Å². The number of benzene rings is 1. The number of nitro groups is 1. The van der Waals surface area contributed by atoms with E-state index in [0.29, 0.717) is 23.8 Å². The standard InChI is InChI=1S/C18H22N4O3S/c1-3-26-15-8-9-18(15,23)11-19-16-10-12(2)20-17(21-16)13-4-6-14(7-5-13)22(24)25/h4-7,10,15,23H,3,8-9,11H2,1-2H3,(H,19,20,21). The fourth-order valence-electron chi connectivity index (χ4n) is 3.00. The zero-order valence-corrected chi connectivity index (χ0v) is 15.6. The lowest BCUT2D eigenvalue weighted by atomic mass is 9.79. The number of aromatic nitrogens is 2. The van der Waals surface area contributed by atoms with Crippen molar-refractivity contribution in [3.63, 3.8) is 0 Å². The first-order valence-corrected chi connectivity index (χ1v) is 9.64. The van der Waals surface area contributed by atoms with Gasteiger partial charge in [-0.05, 0) is 37.7 Å². The second-order valence-electron chi connectivity index (χ2n) is 6.46. The number of hydrogen-bond acceptors (Lipinski definition) is 7. The molecule has 1 fully saturated rings. The second kappa shape index (κ2) is 7.59. The van der Waals surface area contributed by atoms with Crippen molar-refractivity contribution >= 4 is 23.3 Å². The van der Waals surface area contributed by atoms with Gasteiger partial charge < -0.3 is 10.4 Å². The molecule has 1 heterocycles. The molecule has 0 spiro atoms. The van der Waals surface area contributed by atoms with Gasteiger partial charge in [0.15, 0.2) is 5.82 Å². The molecular weight excluding hydrogens is 352 g/mol. The molecule has 1 aliphatic rings. The van der Waals surface area contributed by atoms with Crippen molar-refractivity contribution < 1.29 is 10.0 Å². The average molecular weight is 374 g/mol. The van der Waals surface area contributed by atoms with Crippen LogP contribution in [0.2, 0.25) is 0 Å². The van der Waals surface area contributed by atoms with Gasteiger partial charge in [0.25, 0.3) is 5.69 Å². The van der Waals surface area contributed by atoms with Crippen molar-refractivity contribution in [1.29, 1.82) is 0 Å². The van der Waals surface area contributed by atoms with Crippen molar-refractivity contribution in [2.45, 2.75) is 37.5 Å². The van der Waals surface area contributed by atoms with Crippen molar-refractivity contribution in [2.24, 2.45) is 0 Å². The van der Waals surface area contributed by atoms with Gasteiger partial charge in [-0.2, -0.15) is 11.8 Å². The maximum absolute atomic E-state index is 10.8. The monoisotopic (exact) mass is 374 g/mol. The number of aliphatic hydroxyl groups is 1. The molecule has 26 heavy (non-hydrogen) atoms. The van der Waals surface area contributed by atoms with E-state index in [1.54, 1.807) is 23.9 Å². The minimum Gasteiger partial charge on any atom is -0.387 e. The summed E-state index contributed by atoms with van der Waals surface area (Å²) in [7, 11) is 0. The number of non-ortho nitro benzene ring substituents is 1.